The average Bonchev–Trinajstić information content (AvgIpc) is 2.84. The standard InChI is InChI=1S/C14H14BN3O2/c16-12-2-1-3-13-14(12)17-9-18(13)8-10-4-6-11(7-5-10)15(19)20/h1-7,9,19-20H,8,16H2. The smallest absolute Gasteiger partial charge is 0.423 e. The molecule has 5 nitrogen and oxygen atoms in total. The van der Waals surface area contributed by atoms with Gasteiger partial charge in [0, 0.05) is 6.54 Å². The van der Waals surface area contributed by atoms with E-state index in [-0.39, 0.29) is 0 Å². The zero-order valence-electron chi connectivity index (χ0n) is 10.8. The van der Waals surface area contributed by atoms with E-state index in [0.717, 1.165) is 16.6 Å². The fourth-order valence-corrected chi connectivity index (χ4v) is 2.23. The number of nitrogens with two attached hydrogens (primary N) is 1. The molecule has 0 unspecified atom stereocenters. The third-order valence-corrected chi connectivity index (χ3v) is 3.31. The molecule has 1 aromatic heterocycles. The summed E-state index contributed by atoms with van der Waals surface area (Å²) in [5.74, 6) is 0. The van der Waals surface area contributed by atoms with E-state index in [1.165, 1.54) is 0 Å². The zero-order valence-corrected chi connectivity index (χ0v) is 10.8. The van der Waals surface area contributed by atoms with Crippen molar-refractivity contribution in [2.75, 3.05) is 5.73 Å². The highest BCUT2D eigenvalue weighted by Gasteiger charge is 2.10. The number of aromatic nitrogens is 2. The molecule has 0 aliphatic rings. The molecule has 0 radical (unpaired) electrons. The maximum Gasteiger partial charge on any atom is 0.488 e. The predicted octanol–water partition coefficient (Wildman–Crippen LogP) is 0.347. The molecule has 4 N–H and O–H groups in total. The number of nitrogens with zero attached hydrogens (tertiary/aromatic N) is 2. The second-order valence-electron chi connectivity index (χ2n) is 4.70. The molecule has 0 fully saturated rings. The van der Waals surface area contributed by atoms with Crippen LogP contribution in [-0.2, 0) is 6.54 Å². The van der Waals surface area contributed by atoms with Gasteiger partial charge < -0.3 is 20.3 Å². The highest BCUT2D eigenvalue weighted by Crippen LogP contribution is 2.19. The van der Waals surface area contributed by atoms with Crippen LogP contribution in [0.4, 0.5) is 5.69 Å². The van der Waals surface area contributed by atoms with Crippen molar-refractivity contribution in [1.82, 2.24) is 9.55 Å². The van der Waals surface area contributed by atoms with E-state index in [1.54, 1.807) is 18.5 Å². The fraction of sp³-hybridized carbons (Fsp3) is 0.0714. The first kappa shape index (κ1) is 12.7. The fourth-order valence-electron chi connectivity index (χ4n) is 2.23. The molecule has 100 valence electrons. The molecule has 2 aromatic carbocycles. The first-order chi connectivity index (χ1) is 9.65. The van der Waals surface area contributed by atoms with Crippen LogP contribution in [0.2, 0.25) is 0 Å². The van der Waals surface area contributed by atoms with Crippen LogP contribution in [0, 0.1) is 0 Å². The molecular weight excluding hydrogens is 253 g/mol. The van der Waals surface area contributed by atoms with E-state index in [0.29, 0.717) is 17.7 Å². The van der Waals surface area contributed by atoms with Gasteiger partial charge in [0.15, 0.2) is 0 Å². The number of anilines is 1. The maximum absolute atomic E-state index is 9.07. The molecule has 0 amide bonds. The monoisotopic (exact) mass is 267 g/mol. The number of hydrogen-bond acceptors (Lipinski definition) is 4. The Bertz CT molecular complexity index is 738. The molecular formula is C14H14BN3O2. The van der Waals surface area contributed by atoms with E-state index in [1.807, 2.05) is 34.9 Å². The number of fused-ring (bicyclic) bond motifs is 1. The van der Waals surface area contributed by atoms with Crippen molar-refractivity contribution in [2.24, 2.45) is 0 Å². The van der Waals surface area contributed by atoms with Crippen molar-refractivity contribution in [3.05, 3.63) is 54.4 Å². The van der Waals surface area contributed by atoms with Crippen LogP contribution in [0.25, 0.3) is 11.0 Å². The first-order valence-corrected chi connectivity index (χ1v) is 6.29. The lowest BCUT2D eigenvalue weighted by molar-refractivity contribution is 0.426. The molecule has 20 heavy (non-hydrogen) atoms. The van der Waals surface area contributed by atoms with E-state index in [2.05, 4.69) is 4.98 Å². The van der Waals surface area contributed by atoms with Gasteiger partial charge in [-0.2, -0.15) is 0 Å². The number of benzene rings is 2. The van der Waals surface area contributed by atoms with Crippen molar-refractivity contribution in [2.45, 2.75) is 6.54 Å². The highest BCUT2D eigenvalue weighted by atomic mass is 16.4. The lowest BCUT2D eigenvalue weighted by Crippen LogP contribution is -2.29. The summed E-state index contributed by atoms with van der Waals surface area (Å²) in [6.07, 6.45) is 1.76. The second-order valence-corrected chi connectivity index (χ2v) is 4.70. The quantitative estimate of drug-likeness (QED) is 0.472. The van der Waals surface area contributed by atoms with Crippen molar-refractivity contribution < 1.29 is 10.0 Å². The molecule has 0 aliphatic carbocycles. The van der Waals surface area contributed by atoms with Gasteiger partial charge in [0.2, 0.25) is 0 Å². The SMILES string of the molecule is Nc1cccc2c1ncn2Cc1ccc(B(O)O)cc1. The van der Waals surface area contributed by atoms with Gasteiger partial charge >= 0.3 is 7.12 Å². The van der Waals surface area contributed by atoms with Crippen LogP contribution in [-0.4, -0.2) is 26.7 Å². The van der Waals surface area contributed by atoms with Gasteiger partial charge in [0.25, 0.3) is 0 Å². The van der Waals surface area contributed by atoms with Crippen molar-refractivity contribution in [3.8, 4) is 0 Å². The largest absolute Gasteiger partial charge is 0.488 e. The topological polar surface area (TPSA) is 84.3 Å². The Morgan fingerprint density at radius 1 is 1.10 bits per heavy atom. The van der Waals surface area contributed by atoms with E-state index in [9.17, 15) is 0 Å². The molecule has 0 aliphatic heterocycles. The van der Waals surface area contributed by atoms with Crippen LogP contribution in [0.3, 0.4) is 0 Å². The number of hydrogen-bond donors (Lipinski definition) is 3. The number of para-hydroxylation sites is 1. The van der Waals surface area contributed by atoms with Crippen LogP contribution in [0.5, 0.6) is 0 Å². The van der Waals surface area contributed by atoms with Gasteiger partial charge in [-0.3, -0.25) is 0 Å². The third kappa shape index (κ3) is 2.26. The second kappa shape index (κ2) is 4.99. The normalized spacial score (nSPS) is 10.9. The Kier molecular flexibility index (Phi) is 3.18. The Morgan fingerprint density at radius 2 is 1.85 bits per heavy atom. The number of rotatable bonds is 3. The van der Waals surface area contributed by atoms with Gasteiger partial charge in [-0.15, -0.1) is 0 Å². The van der Waals surface area contributed by atoms with Gasteiger partial charge in [-0.25, -0.2) is 4.98 Å². The third-order valence-electron chi connectivity index (χ3n) is 3.31. The minimum atomic E-state index is -1.43. The Hall–Kier alpha value is -2.31. The lowest BCUT2D eigenvalue weighted by Gasteiger charge is -2.06. The van der Waals surface area contributed by atoms with Crippen molar-refractivity contribution >= 4 is 29.3 Å². The minimum absolute atomic E-state index is 0.480. The summed E-state index contributed by atoms with van der Waals surface area (Å²) in [4.78, 5) is 4.32. The highest BCUT2D eigenvalue weighted by molar-refractivity contribution is 6.58. The van der Waals surface area contributed by atoms with Crippen molar-refractivity contribution in [1.29, 1.82) is 0 Å². The van der Waals surface area contributed by atoms with Crippen LogP contribution in [0.1, 0.15) is 5.56 Å². The zero-order chi connectivity index (χ0) is 14.1. The summed E-state index contributed by atoms with van der Waals surface area (Å²) in [6, 6.07) is 12.9. The van der Waals surface area contributed by atoms with Gasteiger partial charge in [-0.1, -0.05) is 30.3 Å². The molecule has 0 bridgehead atoms. The number of imidazole rings is 1. The molecule has 1 heterocycles. The first-order valence-electron chi connectivity index (χ1n) is 6.29. The molecule has 0 spiro atoms. The Morgan fingerprint density at radius 3 is 2.55 bits per heavy atom. The van der Waals surface area contributed by atoms with Crippen LogP contribution < -0.4 is 11.2 Å². The predicted molar refractivity (Wildman–Crippen MR) is 79.5 cm³/mol. The molecule has 3 rings (SSSR count). The summed E-state index contributed by atoms with van der Waals surface area (Å²) in [7, 11) is -1.43. The Labute approximate surface area is 116 Å². The van der Waals surface area contributed by atoms with E-state index >= 15 is 0 Å². The lowest BCUT2D eigenvalue weighted by atomic mass is 9.80. The molecule has 0 atom stereocenters. The van der Waals surface area contributed by atoms with Gasteiger partial charge in [-0.05, 0) is 23.2 Å². The summed E-state index contributed by atoms with van der Waals surface area (Å²) >= 11 is 0. The molecule has 3 aromatic rings. The van der Waals surface area contributed by atoms with Crippen LogP contribution >= 0.6 is 0 Å². The maximum atomic E-state index is 9.07. The molecule has 6 heteroatoms. The van der Waals surface area contributed by atoms with Crippen molar-refractivity contribution in [3.63, 3.8) is 0 Å². The van der Waals surface area contributed by atoms with E-state index < -0.39 is 7.12 Å². The average molecular weight is 267 g/mol. The summed E-state index contributed by atoms with van der Waals surface area (Å²) in [6.45, 7) is 0.655. The number of nitrogen functional groups attached to an aromatic ring is 1. The molecule has 0 saturated heterocycles. The van der Waals surface area contributed by atoms with Crippen LogP contribution in [0.15, 0.2) is 48.8 Å². The summed E-state index contributed by atoms with van der Waals surface area (Å²) in [5.41, 5.74) is 9.87. The summed E-state index contributed by atoms with van der Waals surface area (Å²) < 4.78 is 2.01. The van der Waals surface area contributed by atoms with Gasteiger partial charge in [0.05, 0.1) is 17.5 Å². The molecule has 0 saturated carbocycles. The minimum Gasteiger partial charge on any atom is -0.423 e. The van der Waals surface area contributed by atoms with Gasteiger partial charge in [0.1, 0.15) is 5.52 Å². The Balaban J connectivity index is 1.91. The van der Waals surface area contributed by atoms with E-state index in [4.69, 9.17) is 15.8 Å². The summed E-state index contributed by atoms with van der Waals surface area (Å²) in [5, 5.41) is 18.1.